The monoisotopic (exact) mass is 526 g/mol. The van der Waals surface area contributed by atoms with Gasteiger partial charge >= 0.3 is 0 Å². The number of nitrogens with zero attached hydrogens (tertiary/aromatic N) is 3. The van der Waals surface area contributed by atoms with Crippen LogP contribution < -0.4 is 10.9 Å². The van der Waals surface area contributed by atoms with E-state index in [-0.39, 0.29) is 11.5 Å². The Morgan fingerprint density at radius 3 is 2.43 bits per heavy atom. The number of rotatable bonds is 7. The summed E-state index contributed by atoms with van der Waals surface area (Å²) in [4.78, 5) is 33.6. The van der Waals surface area contributed by atoms with Gasteiger partial charge in [-0.15, -0.1) is 0 Å². The first-order chi connectivity index (χ1) is 17.9. The molecular weight excluding hydrogens is 500 g/mol. The van der Waals surface area contributed by atoms with Crippen LogP contribution in [-0.4, -0.2) is 31.1 Å². The van der Waals surface area contributed by atoms with Crippen molar-refractivity contribution in [2.24, 2.45) is 0 Å². The third kappa shape index (κ3) is 5.50. The minimum atomic E-state index is -0.241. The number of carbonyl (C=O) groups excluding carboxylic acids is 1. The Hall–Kier alpha value is -3.75. The number of pyridine rings is 1. The lowest BCUT2D eigenvalue weighted by Gasteiger charge is -2.14. The van der Waals surface area contributed by atoms with Crippen LogP contribution in [0.25, 0.3) is 11.7 Å². The number of anilines is 1. The minimum Gasteiger partial charge on any atom is -0.365 e. The van der Waals surface area contributed by atoms with Crippen molar-refractivity contribution >= 4 is 51.7 Å². The maximum atomic E-state index is 13.6. The van der Waals surface area contributed by atoms with Crippen molar-refractivity contribution in [3.05, 3.63) is 116 Å². The average Bonchev–Trinajstić information content (AvgIpc) is 3.17. The molecule has 5 rings (SSSR count). The van der Waals surface area contributed by atoms with Crippen molar-refractivity contribution in [3.8, 4) is 0 Å². The van der Waals surface area contributed by atoms with E-state index >= 15 is 0 Å². The molecule has 2 aromatic carbocycles. The van der Waals surface area contributed by atoms with Crippen LogP contribution in [0.2, 0.25) is 0 Å². The highest BCUT2D eigenvalue weighted by molar-refractivity contribution is 8.26. The zero-order chi connectivity index (χ0) is 25.9. The van der Waals surface area contributed by atoms with Gasteiger partial charge in [-0.3, -0.25) is 18.9 Å². The standard InChI is InChI=1S/C29H26N4O2S2/c1-19-8-11-22(12-9-19)17-30-26-23(27(34)33-18-20(2)10-13-25(33)31-26)16-24-28(35)32(29(36)37-24)15-14-21-6-4-3-5-7-21/h3-13,16,18,30H,14-15,17H2,1-2H3/b24-16-. The van der Waals surface area contributed by atoms with Crippen molar-refractivity contribution in [2.75, 3.05) is 11.9 Å². The van der Waals surface area contributed by atoms with Crippen LogP contribution >= 0.6 is 24.0 Å². The first-order valence-corrected chi connectivity index (χ1v) is 13.2. The summed E-state index contributed by atoms with van der Waals surface area (Å²) in [6, 6.07) is 21.9. The van der Waals surface area contributed by atoms with Crippen molar-refractivity contribution < 1.29 is 4.79 Å². The lowest BCUT2D eigenvalue weighted by atomic mass is 10.1. The van der Waals surface area contributed by atoms with E-state index in [1.54, 1.807) is 17.2 Å². The van der Waals surface area contributed by atoms with Crippen molar-refractivity contribution in [3.63, 3.8) is 0 Å². The van der Waals surface area contributed by atoms with Gasteiger partial charge in [0.1, 0.15) is 15.8 Å². The van der Waals surface area contributed by atoms with Crippen molar-refractivity contribution in [1.82, 2.24) is 14.3 Å². The Bertz CT molecular complexity index is 1580. The summed E-state index contributed by atoms with van der Waals surface area (Å²) in [5, 5.41) is 3.32. The predicted octanol–water partition coefficient (Wildman–Crippen LogP) is 5.37. The zero-order valence-corrected chi connectivity index (χ0v) is 22.2. The summed E-state index contributed by atoms with van der Waals surface area (Å²) >= 11 is 6.74. The highest BCUT2D eigenvalue weighted by atomic mass is 32.2. The van der Waals surface area contributed by atoms with Crippen LogP contribution in [0.1, 0.15) is 27.8 Å². The molecule has 1 amide bonds. The third-order valence-corrected chi connectivity index (χ3v) is 7.58. The highest BCUT2D eigenvalue weighted by Gasteiger charge is 2.32. The summed E-state index contributed by atoms with van der Waals surface area (Å²) in [5.74, 6) is 0.244. The van der Waals surface area contributed by atoms with E-state index in [0.29, 0.717) is 45.8 Å². The van der Waals surface area contributed by atoms with Crippen LogP contribution in [0.4, 0.5) is 5.82 Å². The molecule has 0 unspecified atom stereocenters. The first-order valence-electron chi connectivity index (χ1n) is 12.0. The van der Waals surface area contributed by atoms with Gasteiger partial charge in [-0.25, -0.2) is 4.98 Å². The first kappa shape index (κ1) is 24.9. The lowest BCUT2D eigenvalue weighted by molar-refractivity contribution is -0.122. The summed E-state index contributed by atoms with van der Waals surface area (Å²) in [7, 11) is 0. The van der Waals surface area contributed by atoms with E-state index in [4.69, 9.17) is 17.2 Å². The molecular formula is C29H26N4O2S2. The van der Waals surface area contributed by atoms with Gasteiger partial charge in [-0.1, -0.05) is 90.2 Å². The molecule has 0 bridgehead atoms. The molecule has 1 fully saturated rings. The van der Waals surface area contributed by atoms with E-state index in [1.807, 2.05) is 80.6 Å². The van der Waals surface area contributed by atoms with E-state index in [1.165, 1.54) is 21.7 Å². The summed E-state index contributed by atoms with van der Waals surface area (Å²) in [6.45, 7) is 4.94. The van der Waals surface area contributed by atoms with E-state index < -0.39 is 0 Å². The Morgan fingerprint density at radius 1 is 0.946 bits per heavy atom. The molecule has 1 aliphatic rings. The number of fused-ring (bicyclic) bond motifs is 1. The second kappa shape index (κ2) is 10.7. The Labute approximate surface area is 225 Å². The number of benzene rings is 2. The number of hydrogen-bond acceptors (Lipinski definition) is 6. The van der Waals surface area contributed by atoms with Gasteiger partial charge in [-0.05, 0) is 49.1 Å². The molecule has 186 valence electrons. The third-order valence-electron chi connectivity index (χ3n) is 6.20. The van der Waals surface area contributed by atoms with Gasteiger partial charge in [0, 0.05) is 19.3 Å². The number of thioether (sulfide) groups is 1. The molecule has 2 aromatic heterocycles. The molecule has 1 N–H and O–H groups in total. The number of amides is 1. The summed E-state index contributed by atoms with van der Waals surface area (Å²) in [5.41, 5.74) is 4.94. The van der Waals surface area contributed by atoms with Gasteiger partial charge in [-0.2, -0.15) is 0 Å². The summed E-state index contributed by atoms with van der Waals surface area (Å²) < 4.78 is 2.01. The van der Waals surface area contributed by atoms with Crippen LogP contribution in [0.15, 0.2) is 82.6 Å². The van der Waals surface area contributed by atoms with Gasteiger partial charge in [0.05, 0.1) is 10.5 Å². The number of aromatic nitrogens is 2. The molecule has 0 radical (unpaired) electrons. The maximum absolute atomic E-state index is 13.6. The Kier molecular flexibility index (Phi) is 7.21. The number of aryl methyl sites for hydroxylation is 2. The van der Waals surface area contributed by atoms with Crippen molar-refractivity contribution in [1.29, 1.82) is 0 Å². The quantitative estimate of drug-likeness (QED) is 0.258. The fourth-order valence-electron chi connectivity index (χ4n) is 4.12. The average molecular weight is 527 g/mol. The highest BCUT2D eigenvalue weighted by Crippen LogP contribution is 2.33. The molecule has 0 atom stereocenters. The second-order valence-corrected chi connectivity index (χ2v) is 10.7. The Morgan fingerprint density at radius 2 is 1.68 bits per heavy atom. The summed E-state index contributed by atoms with van der Waals surface area (Å²) in [6.07, 6.45) is 4.09. The fourth-order valence-corrected chi connectivity index (χ4v) is 5.42. The van der Waals surface area contributed by atoms with Crippen molar-refractivity contribution in [2.45, 2.75) is 26.8 Å². The molecule has 37 heavy (non-hydrogen) atoms. The Balaban J connectivity index is 1.48. The second-order valence-electron chi connectivity index (χ2n) is 9.02. The molecule has 6 nitrogen and oxygen atoms in total. The molecule has 0 spiro atoms. The molecule has 3 heterocycles. The number of carbonyl (C=O) groups is 1. The zero-order valence-electron chi connectivity index (χ0n) is 20.6. The molecule has 1 saturated heterocycles. The molecule has 0 aliphatic carbocycles. The number of thiocarbonyl (C=S) groups is 1. The van der Waals surface area contributed by atoms with Crippen LogP contribution in [0.3, 0.4) is 0 Å². The molecule has 4 aromatic rings. The predicted molar refractivity (Wildman–Crippen MR) is 155 cm³/mol. The van der Waals surface area contributed by atoms with Gasteiger partial charge in [0.15, 0.2) is 0 Å². The topological polar surface area (TPSA) is 66.7 Å². The van der Waals surface area contributed by atoms with E-state index in [0.717, 1.165) is 16.7 Å². The van der Waals surface area contributed by atoms with Gasteiger partial charge < -0.3 is 5.32 Å². The van der Waals surface area contributed by atoms with Crippen LogP contribution in [0, 0.1) is 13.8 Å². The molecule has 0 saturated carbocycles. The molecule has 8 heteroatoms. The van der Waals surface area contributed by atoms with Crippen LogP contribution in [0.5, 0.6) is 0 Å². The lowest BCUT2D eigenvalue weighted by Crippen LogP contribution is -2.30. The smallest absolute Gasteiger partial charge is 0.267 e. The maximum Gasteiger partial charge on any atom is 0.267 e. The van der Waals surface area contributed by atoms with Gasteiger partial charge in [0.25, 0.3) is 11.5 Å². The fraction of sp³-hybridized carbons (Fsp3) is 0.172. The van der Waals surface area contributed by atoms with Crippen LogP contribution in [-0.2, 0) is 17.8 Å². The number of hydrogen-bond donors (Lipinski definition) is 1. The number of nitrogens with one attached hydrogen (secondary N) is 1. The van der Waals surface area contributed by atoms with Gasteiger partial charge in [0.2, 0.25) is 0 Å². The van der Waals surface area contributed by atoms with E-state index in [2.05, 4.69) is 5.32 Å². The van der Waals surface area contributed by atoms with E-state index in [9.17, 15) is 9.59 Å². The molecule has 1 aliphatic heterocycles. The minimum absolute atomic E-state index is 0.191. The normalized spacial score (nSPS) is 14.6. The SMILES string of the molecule is Cc1ccc(CNc2nc3ccc(C)cn3c(=O)c2/C=C2\SC(=S)N(CCc3ccccc3)C2=O)cc1. The largest absolute Gasteiger partial charge is 0.365 e.